The Morgan fingerprint density at radius 1 is 0.733 bits per heavy atom. The highest BCUT2D eigenvalue weighted by molar-refractivity contribution is 7.84. The lowest BCUT2D eigenvalue weighted by Gasteiger charge is -2.27. The van der Waals surface area contributed by atoms with Gasteiger partial charge >= 0.3 is 0 Å². The molecule has 5 atom stereocenters. The van der Waals surface area contributed by atoms with Crippen LogP contribution < -0.4 is 36.9 Å². The zero-order valence-electron chi connectivity index (χ0n) is 34.9. The molecule has 4 unspecified atom stereocenters. The zero-order valence-corrected chi connectivity index (χ0v) is 37.3. The first-order valence-corrected chi connectivity index (χ1v) is 24.7. The number of unbranched alkanes of at least 4 members (excludes halogenated alkanes) is 2. The number of carbonyl (C=O) groups is 3. The number of aromatic nitrogens is 2. The van der Waals surface area contributed by atoms with E-state index in [4.69, 9.17) is 32.5 Å². The number of nitrogens with zero attached hydrogens (tertiary/aromatic N) is 2. The van der Waals surface area contributed by atoms with Gasteiger partial charge in [0.15, 0.2) is 35.7 Å². The number of nitrogens with one attached hydrogen (secondary N) is 3. The molecule has 60 heavy (non-hydrogen) atoms. The number of aryl methyl sites for hydroxylation is 2. The van der Waals surface area contributed by atoms with Gasteiger partial charge in [-0.2, -0.15) is 0 Å². The molecular formula is C43H62ClN7O7S2. The molecule has 1 fully saturated rings. The Bertz CT molecular complexity index is 1870. The van der Waals surface area contributed by atoms with E-state index in [9.17, 15) is 22.8 Å². The van der Waals surface area contributed by atoms with Gasteiger partial charge in [0.05, 0.1) is 0 Å². The molecule has 0 radical (unpaired) electrons. The molecule has 1 aliphatic rings. The van der Waals surface area contributed by atoms with Crippen LogP contribution in [0.3, 0.4) is 0 Å². The summed E-state index contributed by atoms with van der Waals surface area (Å²) in [6.45, 7) is 0.556. The van der Waals surface area contributed by atoms with Gasteiger partial charge in [0.1, 0.15) is 11.5 Å². The number of ether oxygens (including phenoxy) is 2. The van der Waals surface area contributed by atoms with Crippen LogP contribution in [0.1, 0.15) is 92.2 Å². The number of halogens is 1. The van der Waals surface area contributed by atoms with Crippen molar-refractivity contribution in [3.05, 3.63) is 70.5 Å². The summed E-state index contributed by atoms with van der Waals surface area (Å²) < 4.78 is 33.7. The number of anilines is 2. The van der Waals surface area contributed by atoms with Crippen LogP contribution in [0.4, 0.5) is 11.6 Å². The Labute approximate surface area is 364 Å². The maximum atomic E-state index is 13.1. The first kappa shape index (κ1) is 48.4. The monoisotopic (exact) mass is 887 g/mol. The minimum atomic E-state index is -0.958. The van der Waals surface area contributed by atoms with Crippen LogP contribution >= 0.6 is 11.6 Å². The van der Waals surface area contributed by atoms with Gasteiger partial charge in [-0.25, -0.2) is 9.97 Å². The van der Waals surface area contributed by atoms with E-state index >= 15 is 0 Å². The number of carbonyl (C=O) groups excluding carboxylic acids is 3. The van der Waals surface area contributed by atoms with E-state index < -0.39 is 21.6 Å². The van der Waals surface area contributed by atoms with Crippen molar-refractivity contribution in [2.75, 3.05) is 61.8 Å². The third-order valence-electron chi connectivity index (χ3n) is 10.7. The predicted molar refractivity (Wildman–Crippen MR) is 240 cm³/mol. The van der Waals surface area contributed by atoms with E-state index in [1.807, 2.05) is 24.3 Å². The maximum absolute atomic E-state index is 13.1. The number of rotatable bonds is 25. The molecule has 4 rings (SSSR count). The second-order valence-corrected chi connectivity index (χ2v) is 18.9. The number of benzene rings is 2. The summed E-state index contributed by atoms with van der Waals surface area (Å²) in [6, 6.07) is 15.8. The van der Waals surface area contributed by atoms with Crippen molar-refractivity contribution in [3.8, 4) is 11.5 Å². The molecule has 0 saturated heterocycles. The molecule has 14 nitrogen and oxygen atoms in total. The van der Waals surface area contributed by atoms with E-state index in [1.165, 1.54) is 11.1 Å². The van der Waals surface area contributed by atoms with Crippen LogP contribution in [-0.2, 0) is 44.0 Å². The van der Waals surface area contributed by atoms with Gasteiger partial charge in [-0.05, 0) is 98.6 Å². The Kier molecular flexibility index (Phi) is 21.1. The number of hydrogen-bond acceptors (Lipinski definition) is 11. The van der Waals surface area contributed by atoms with E-state index in [2.05, 4.69) is 50.2 Å². The molecule has 330 valence electrons. The van der Waals surface area contributed by atoms with Crippen LogP contribution in [0.15, 0.2) is 48.5 Å². The number of amides is 3. The topological polar surface area (TPSA) is 218 Å². The molecule has 3 amide bonds. The minimum Gasteiger partial charge on any atom is -0.484 e. The van der Waals surface area contributed by atoms with E-state index in [-0.39, 0.29) is 59.5 Å². The quantitative estimate of drug-likeness (QED) is 0.0553. The second-order valence-electron chi connectivity index (χ2n) is 15.4. The van der Waals surface area contributed by atoms with Crippen molar-refractivity contribution in [2.45, 2.75) is 89.5 Å². The average Bonchev–Trinajstić information content (AvgIpc) is 3.45. The molecule has 1 aliphatic carbocycles. The molecule has 2 aromatic carbocycles. The van der Waals surface area contributed by atoms with Gasteiger partial charge in [-0.3, -0.25) is 22.8 Å². The Morgan fingerprint density at radius 3 is 1.85 bits per heavy atom. The first-order valence-electron chi connectivity index (χ1n) is 20.8. The number of nitrogen functional groups attached to an aromatic ring is 2. The fourth-order valence-electron chi connectivity index (χ4n) is 7.48. The highest BCUT2D eigenvalue weighted by Gasteiger charge is 2.27. The van der Waals surface area contributed by atoms with Crippen molar-refractivity contribution >= 4 is 62.6 Å². The maximum Gasteiger partial charge on any atom is 0.274 e. The molecule has 0 spiro atoms. The third kappa shape index (κ3) is 18.1. The van der Waals surface area contributed by atoms with Crippen LogP contribution in [-0.4, -0.2) is 92.5 Å². The number of nitrogens with two attached hydrogens (primary N) is 2. The van der Waals surface area contributed by atoms with Crippen LogP contribution in [0.5, 0.6) is 11.5 Å². The zero-order chi connectivity index (χ0) is 43.3. The second kappa shape index (κ2) is 26.1. The molecule has 17 heteroatoms. The van der Waals surface area contributed by atoms with Crippen molar-refractivity contribution in [3.63, 3.8) is 0 Å². The molecule has 1 saturated carbocycles. The molecular weight excluding hydrogens is 826 g/mol. The fraction of sp³-hybridized carbons (Fsp3) is 0.558. The normalized spacial score (nSPS) is 16.8. The predicted octanol–water partition coefficient (Wildman–Crippen LogP) is 5.16. The summed E-state index contributed by atoms with van der Waals surface area (Å²) in [4.78, 5) is 45.2. The smallest absolute Gasteiger partial charge is 0.274 e. The average molecular weight is 889 g/mol. The molecule has 1 heterocycles. The van der Waals surface area contributed by atoms with E-state index in [0.717, 1.165) is 83.5 Å². The lowest BCUT2D eigenvalue weighted by atomic mass is 9.79. The summed E-state index contributed by atoms with van der Waals surface area (Å²) in [5.41, 5.74) is 14.1. The Morgan fingerprint density at radius 2 is 1.28 bits per heavy atom. The molecule has 7 N–H and O–H groups in total. The van der Waals surface area contributed by atoms with Crippen LogP contribution in [0.2, 0.25) is 5.15 Å². The Balaban J connectivity index is 1.26. The first-order chi connectivity index (χ1) is 28.9. The van der Waals surface area contributed by atoms with Gasteiger partial charge in [-0.1, -0.05) is 68.0 Å². The summed E-state index contributed by atoms with van der Waals surface area (Å²) in [7, 11) is -1.91. The van der Waals surface area contributed by atoms with Crippen molar-refractivity contribution in [1.29, 1.82) is 0 Å². The summed E-state index contributed by atoms with van der Waals surface area (Å²) >= 11 is 6.04. The van der Waals surface area contributed by atoms with Gasteiger partial charge in [0, 0.05) is 64.7 Å². The molecule has 3 aromatic rings. The van der Waals surface area contributed by atoms with Gasteiger partial charge < -0.3 is 36.9 Å². The van der Waals surface area contributed by atoms with Gasteiger partial charge in [-0.15, -0.1) is 0 Å². The fourth-order valence-corrected chi connectivity index (χ4v) is 8.38. The molecule has 0 aliphatic heterocycles. The van der Waals surface area contributed by atoms with Gasteiger partial charge in [0.25, 0.3) is 17.7 Å². The largest absolute Gasteiger partial charge is 0.484 e. The van der Waals surface area contributed by atoms with Crippen molar-refractivity contribution in [1.82, 2.24) is 25.9 Å². The van der Waals surface area contributed by atoms with E-state index in [1.54, 1.807) is 12.5 Å². The molecule has 1 aromatic heterocycles. The Hall–Kier alpha value is -4.28. The highest BCUT2D eigenvalue weighted by Crippen LogP contribution is 2.35. The number of hydrogen-bond donors (Lipinski definition) is 5. The summed E-state index contributed by atoms with van der Waals surface area (Å²) in [5.74, 6) is 2.30. The van der Waals surface area contributed by atoms with Gasteiger partial charge in [0.2, 0.25) is 0 Å². The summed E-state index contributed by atoms with van der Waals surface area (Å²) in [6.07, 6.45) is 16.6. The summed E-state index contributed by atoms with van der Waals surface area (Å²) in [5, 5.41) is 8.51. The lowest BCUT2D eigenvalue weighted by molar-refractivity contribution is -0.123. The highest BCUT2D eigenvalue weighted by atomic mass is 35.5. The van der Waals surface area contributed by atoms with Crippen molar-refractivity contribution < 1.29 is 32.3 Å². The van der Waals surface area contributed by atoms with Crippen LogP contribution in [0.25, 0.3) is 0 Å². The molecule has 0 bridgehead atoms. The third-order valence-corrected chi connectivity index (χ3v) is 12.6. The lowest BCUT2D eigenvalue weighted by Crippen LogP contribution is -2.35. The minimum absolute atomic E-state index is 0.00197. The van der Waals surface area contributed by atoms with Crippen molar-refractivity contribution in [2.24, 2.45) is 11.8 Å². The standard InChI is InChI=1S/C43H62ClN7O7S2/c1-59(55)26-24-47-37(52)28-57-35-20-14-30(15-21-35)8-4-3-5-10-32(11-6-9-31-16-22-36(23-17-31)58-29-38(53)48-25-27-60(2)56)33-12-7-13-34(19-18-33)49-43(54)39-41(45)51-42(46)40(44)50-39/h14-17,20-23,32-34H,3-13,18-19,24-29H2,1-2H3,(H,47,52)(H,48,53)(H,49,54)(H4,45,46,51)/t32?,33?,34-,59?,60?/m0/s1. The SMILES string of the molecule is CS(=O)CCNC(=O)COc1ccc(CCCCCC(CCCc2ccc(OCC(=O)NCCS(C)=O)cc2)C2CCC[C@H](NC(=O)c3nc(Cl)c(N)nc3N)CC2)cc1. The van der Waals surface area contributed by atoms with Crippen LogP contribution in [0, 0.1) is 11.8 Å². The van der Waals surface area contributed by atoms with E-state index in [0.29, 0.717) is 47.9 Å².